The van der Waals surface area contributed by atoms with Crippen molar-refractivity contribution in [2.45, 2.75) is 19.9 Å². The number of hydrogen-bond donors (Lipinski definition) is 1. The quantitative estimate of drug-likeness (QED) is 0.859. The van der Waals surface area contributed by atoms with E-state index in [4.69, 9.17) is 10.5 Å². The molecule has 1 aromatic rings. The number of methoxy groups -OCH3 is 1. The van der Waals surface area contributed by atoms with Crippen LogP contribution in [0.25, 0.3) is 0 Å². The molecule has 82 valence electrons. The maximum Gasteiger partial charge on any atom is 0.179 e. The standard InChI is InChI=1S/C11H14BrNO2/c1-6-4-9(12)10(15-3)5-8(6)11(14)7(2)13/h4-5,7H,13H2,1-3H3. The first kappa shape index (κ1) is 12.2. The summed E-state index contributed by atoms with van der Waals surface area (Å²) in [6.07, 6.45) is 0. The molecular formula is C11H14BrNO2. The number of hydrogen-bond acceptors (Lipinski definition) is 3. The molecule has 1 aromatic carbocycles. The molecule has 0 aliphatic heterocycles. The number of aryl methyl sites for hydroxylation is 1. The van der Waals surface area contributed by atoms with Crippen molar-refractivity contribution < 1.29 is 9.53 Å². The maximum atomic E-state index is 11.7. The van der Waals surface area contributed by atoms with E-state index in [2.05, 4.69) is 15.9 Å². The molecule has 3 nitrogen and oxygen atoms in total. The fraction of sp³-hybridized carbons (Fsp3) is 0.364. The molecule has 0 fully saturated rings. The Morgan fingerprint density at radius 3 is 2.60 bits per heavy atom. The lowest BCUT2D eigenvalue weighted by Gasteiger charge is -2.11. The summed E-state index contributed by atoms with van der Waals surface area (Å²) in [5.74, 6) is 0.572. The molecule has 0 radical (unpaired) electrons. The van der Waals surface area contributed by atoms with Crippen molar-refractivity contribution >= 4 is 21.7 Å². The highest BCUT2D eigenvalue weighted by molar-refractivity contribution is 9.10. The van der Waals surface area contributed by atoms with Crippen LogP contribution in [0.15, 0.2) is 16.6 Å². The van der Waals surface area contributed by atoms with Gasteiger partial charge in [0.15, 0.2) is 5.78 Å². The molecule has 0 amide bonds. The molecule has 4 heteroatoms. The van der Waals surface area contributed by atoms with Crippen LogP contribution in [0.4, 0.5) is 0 Å². The van der Waals surface area contributed by atoms with Crippen molar-refractivity contribution in [3.05, 3.63) is 27.7 Å². The van der Waals surface area contributed by atoms with Gasteiger partial charge in [0.2, 0.25) is 0 Å². The molecular weight excluding hydrogens is 258 g/mol. The second-order valence-electron chi connectivity index (χ2n) is 3.45. The number of carbonyl (C=O) groups excluding carboxylic acids is 1. The van der Waals surface area contributed by atoms with Crippen molar-refractivity contribution in [3.8, 4) is 5.75 Å². The average molecular weight is 272 g/mol. The van der Waals surface area contributed by atoms with Gasteiger partial charge in [0.25, 0.3) is 0 Å². The Kier molecular flexibility index (Phi) is 3.88. The summed E-state index contributed by atoms with van der Waals surface area (Å²) in [4.78, 5) is 11.7. The van der Waals surface area contributed by atoms with Crippen LogP contribution in [-0.2, 0) is 0 Å². The van der Waals surface area contributed by atoms with Crippen LogP contribution in [0.5, 0.6) is 5.75 Å². The molecule has 0 spiro atoms. The van der Waals surface area contributed by atoms with Crippen LogP contribution >= 0.6 is 15.9 Å². The minimum atomic E-state index is -0.491. The molecule has 0 aliphatic carbocycles. The third-order valence-corrected chi connectivity index (χ3v) is 2.80. The topological polar surface area (TPSA) is 52.3 Å². The van der Waals surface area contributed by atoms with E-state index in [1.54, 1.807) is 20.1 Å². The summed E-state index contributed by atoms with van der Waals surface area (Å²) >= 11 is 3.36. The van der Waals surface area contributed by atoms with E-state index in [0.29, 0.717) is 11.3 Å². The molecule has 1 rings (SSSR count). The molecule has 0 saturated heterocycles. The third-order valence-electron chi connectivity index (χ3n) is 2.18. The van der Waals surface area contributed by atoms with Gasteiger partial charge in [-0.2, -0.15) is 0 Å². The molecule has 1 unspecified atom stereocenters. The Balaban J connectivity index is 3.24. The van der Waals surface area contributed by atoms with Crippen molar-refractivity contribution in [2.75, 3.05) is 7.11 Å². The van der Waals surface area contributed by atoms with Crippen LogP contribution in [0.1, 0.15) is 22.8 Å². The Morgan fingerprint density at radius 2 is 2.13 bits per heavy atom. The number of rotatable bonds is 3. The minimum absolute atomic E-state index is 0.0710. The van der Waals surface area contributed by atoms with Gasteiger partial charge >= 0.3 is 0 Å². The number of nitrogens with two attached hydrogens (primary N) is 1. The Bertz CT molecular complexity index is 388. The monoisotopic (exact) mass is 271 g/mol. The highest BCUT2D eigenvalue weighted by Crippen LogP contribution is 2.28. The van der Waals surface area contributed by atoms with Gasteiger partial charge in [-0.05, 0) is 47.5 Å². The summed E-state index contributed by atoms with van der Waals surface area (Å²) in [6, 6.07) is 3.08. The fourth-order valence-corrected chi connectivity index (χ4v) is 1.94. The summed E-state index contributed by atoms with van der Waals surface area (Å²) < 4.78 is 5.97. The van der Waals surface area contributed by atoms with Crippen molar-refractivity contribution in [2.24, 2.45) is 5.73 Å². The lowest BCUT2D eigenvalue weighted by atomic mass is 10.0. The van der Waals surface area contributed by atoms with Gasteiger partial charge in [0.05, 0.1) is 17.6 Å². The largest absolute Gasteiger partial charge is 0.496 e. The van der Waals surface area contributed by atoms with Gasteiger partial charge < -0.3 is 10.5 Å². The third kappa shape index (κ3) is 2.58. The van der Waals surface area contributed by atoms with E-state index in [0.717, 1.165) is 10.0 Å². The molecule has 0 aromatic heterocycles. The van der Waals surface area contributed by atoms with E-state index in [1.807, 2.05) is 13.0 Å². The van der Waals surface area contributed by atoms with E-state index in [9.17, 15) is 4.79 Å². The van der Waals surface area contributed by atoms with Gasteiger partial charge in [-0.25, -0.2) is 0 Å². The summed E-state index contributed by atoms with van der Waals surface area (Å²) in [7, 11) is 1.57. The van der Waals surface area contributed by atoms with Crippen molar-refractivity contribution in [3.63, 3.8) is 0 Å². The number of Topliss-reactive ketones (excluding diaryl/α,β-unsaturated/α-hetero) is 1. The van der Waals surface area contributed by atoms with Gasteiger partial charge in [0.1, 0.15) is 5.75 Å². The molecule has 2 N–H and O–H groups in total. The zero-order chi connectivity index (χ0) is 11.6. The Morgan fingerprint density at radius 1 is 1.53 bits per heavy atom. The fourth-order valence-electron chi connectivity index (χ4n) is 1.32. The molecule has 0 saturated carbocycles. The molecule has 15 heavy (non-hydrogen) atoms. The number of carbonyl (C=O) groups is 1. The van der Waals surface area contributed by atoms with Crippen LogP contribution in [0, 0.1) is 6.92 Å². The van der Waals surface area contributed by atoms with Crippen LogP contribution in [-0.4, -0.2) is 18.9 Å². The molecule has 0 bridgehead atoms. The van der Waals surface area contributed by atoms with Crippen LogP contribution in [0.3, 0.4) is 0 Å². The second kappa shape index (κ2) is 4.77. The number of halogens is 1. The van der Waals surface area contributed by atoms with Crippen molar-refractivity contribution in [1.29, 1.82) is 0 Å². The minimum Gasteiger partial charge on any atom is -0.496 e. The van der Waals surface area contributed by atoms with Gasteiger partial charge in [0, 0.05) is 5.56 Å². The molecule has 0 aliphatic rings. The summed E-state index contributed by atoms with van der Waals surface area (Å²) in [6.45, 7) is 3.55. The lowest BCUT2D eigenvalue weighted by molar-refractivity contribution is 0.0967. The van der Waals surface area contributed by atoms with Gasteiger partial charge in [-0.15, -0.1) is 0 Å². The van der Waals surface area contributed by atoms with Gasteiger partial charge in [-0.3, -0.25) is 4.79 Å². The number of benzene rings is 1. The zero-order valence-corrected chi connectivity index (χ0v) is 10.6. The predicted molar refractivity (Wildman–Crippen MR) is 63.4 cm³/mol. The number of ether oxygens (including phenoxy) is 1. The highest BCUT2D eigenvalue weighted by atomic mass is 79.9. The maximum absolute atomic E-state index is 11.7. The van der Waals surface area contributed by atoms with E-state index in [-0.39, 0.29) is 5.78 Å². The second-order valence-corrected chi connectivity index (χ2v) is 4.31. The van der Waals surface area contributed by atoms with Gasteiger partial charge in [-0.1, -0.05) is 0 Å². The lowest BCUT2D eigenvalue weighted by Crippen LogP contribution is -2.27. The van der Waals surface area contributed by atoms with Crippen LogP contribution < -0.4 is 10.5 Å². The zero-order valence-electron chi connectivity index (χ0n) is 9.00. The SMILES string of the molecule is COc1cc(C(=O)C(C)N)c(C)cc1Br. The van der Waals surface area contributed by atoms with E-state index in [1.165, 1.54) is 0 Å². The first-order chi connectivity index (χ1) is 6.97. The molecule has 0 heterocycles. The normalized spacial score (nSPS) is 12.3. The molecule has 1 atom stereocenters. The van der Waals surface area contributed by atoms with Crippen LogP contribution in [0.2, 0.25) is 0 Å². The Labute approximate surface area is 97.7 Å². The average Bonchev–Trinajstić information content (AvgIpc) is 2.17. The van der Waals surface area contributed by atoms with Crippen molar-refractivity contribution in [1.82, 2.24) is 0 Å². The first-order valence-electron chi connectivity index (χ1n) is 4.61. The first-order valence-corrected chi connectivity index (χ1v) is 5.40. The summed E-state index contributed by atoms with van der Waals surface area (Å²) in [5.41, 5.74) is 7.07. The predicted octanol–water partition coefficient (Wildman–Crippen LogP) is 2.30. The van der Waals surface area contributed by atoms with E-state index >= 15 is 0 Å². The summed E-state index contributed by atoms with van der Waals surface area (Å²) in [5, 5.41) is 0. The number of ketones is 1. The van der Waals surface area contributed by atoms with E-state index < -0.39 is 6.04 Å². The smallest absolute Gasteiger partial charge is 0.179 e. The highest BCUT2D eigenvalue weighted by Gasteiger charge is 2.15. The Hall–Kier alpha value is -0.870.